The van der Waals surface area contributed by atoms with E-state index in [0.29, 0.717) is 0 Å². The molecule has 9 heteroatoms. The molecule has 8 nitrogen and oxygen atoms in total. The van der Waals surface area contributed by atoms with Crippen molar-refractivity contribution in [2.45, 2.75) is 0 Å². The minimum Gasteiger partial charge on any atom is -0.478 e. The first kappa shape index (κ1) is 14.1. The molecule has 0 aliphatic heterocycles. The topological polar surface area (TPSA) is 149 Å². The lowest BCUT2D eigenvalue weighted by atomic mass is 9.95. The fourth-order valence-corrected chi connectivity index (χ4v) is 1.46. The summed E-state index contributed by atoms with van der Waals surface area (Å²) in [4.78, 5) is 43.3. The number of benzene rings is 1. The molecule has 0 unspecified atom stereocenters. The molecule has 4 N–H and O–H groups in total. The number of hydrogen-bond donors (Lipinski definition) is 4. The summed E-state index contributed by atoms with van der Waals surface area (Å²) in [7, 11) is 0. The first-order valence-corrected chi connectivity index (χ1v) is 4.48. The van der Waals surface area contributed by atoms with Gasteiger partial charge < -0.3 is 20.4 Å². The summed E-state index contributed by atoms with van der Waals surface area (Å²) in [5.74, 6) is -9.61. The Morgan fingerprint density at radius 1 is 0.737 bits per heavy atom. The van der Waals surface area contributed by atoms with Gasteiger partial charge in [0.25, 0.3) is 0 Å². The second kappa shape index (κ2) is 4.72. The van der Waals surface area contributed by atoms with E-state index in [0.717, 1.165) is 0 Å². The number of carboxylic acid groups (broad SMARTS) is 4. The molecule has 1 rings (SSSR count). The minimum absolute atomic E-state index is 0.154. The van der Waals surface area contributed by atoms with E-state index in [9.17, 15) is 23.6 Å². The van der Waals surface area contributed by atoms with Gasteiger partial charge in [0.05, 0.1) is 16.7 Å². The van der Waals surface area contributed by atoms with Gasteiger partial charge in [0, 0.05) is 0 Å². The summed E-state index contributed by atoms with van der Waals surface area (Å²) in [5, 5.41) is 35.0. The van der Waals surface area contributed by atoms with Crippen LogP contribution in [0.5, 0.6) is 0 Å². The molecule has 0 heterocycles. The average Bonchev–Trinajstić information content (AvgIpc) is 2.25. The van der Waals surface area contributed by atoms with Crippen LogP contribution in [0.3, 0.4) is 0 Å². The summed E-state index contributed by atoms with van der Waals surface area (Å²) < 4.78 is 13.4. The largest absolute Gasteiger partial charge is 0.478 e. The molecule has 0 saturated carbocycles. The highest BCUT2D eigenvalue weighted by Gasteiger charge is 2.32. The van der Waals surface area contributed by atoms with Crippen LogP contribution in [0.15, 0.2) is 6.07 Å². The second-order valence-corrected chi connectivity index (χ2v) is 3.25. The molecule has 0 fully saturated rings. The van der Waals surface area contributed by atoms with Gasteiger partial charge in [-0.15, -0.1) is 0 Å². The molecule has 0 atom stereocenters. The summed E-state index contributed by atoms with van der Waals surface area (Å²) in [6.45, 7) is 0. The minimum atomic E-state index is -2.06. The molecule has 0 radical (unpaired) electrons. The van der Waals surface area contributed by atoms with Crippen molar-refractivity contribution in [3.05, 3.63) is 34.1 Å². The van der Waals surface area contributed by atoms with E-state index in [1.807, 2.05) is 0 Å². The first-order valence-electron chi connectivity index (χ1n) is 4.48. The maximum absolute atomic E-state index is 13.4. The van der Waals surface area contributed by atoms with Crippen LogP contribution in [0.25, 0.3) is 0 Å². The van der Waals surface area contributed by atoms with E-state index in [1.165, 1.54) is 0 Å². The van der Waals surface area contributed by atoms with E-state index in [4.69, 9.17) is 20.4 Å². The van der Waals surface area contributed by atoms with Gasteiger partial charge in [-0.2, -0.15) is 0 Å². The molecule has 1 aromatic carbocycles. The molecular formula is C10H5FO8. The molecule has 1 aromatic rings. The van der Waals surface area contributed by atoms with Gasteiger partial charge in [0.15, 0.2) is 0 Å². The Hall–Kier alpha value is -2.97. The van der Waals surface area contributed by atoms with Crippen LogP contribution in [-0.4, -0.2) is 44.3 Å². The third kappa shape index (κ3) is 2.34. The normalized spacial score (nSPS) is 9.95. The van der Waals surface area contributed by atoms with Crippen LogP contribution in [-0.2, 0) is 0 Å². The Morgan fingerprint density at radius 3 is 1.47 bits per heavy atom. The summed E-state index contributed by atoms with van der Waals surface area (Å²) in [6.07, 6.45) is 0. The number of rotatable bonds is 4. The third-order valence-electron chi connectivity index (χ3n) is 2.15. The Bertz CT molecular complexity index is 618. The Kier molecular flexibility index (Phi) is 3.50. The van der Waals surface area contributed by atoms with Gasteiger partial charge in [-0.3, -0.25) is 0 Å². The highest BCUT2D eigenvalue weighted by atomic mass is 19.1. The van der Waals surface area contributed by atoms with Crippen molar-refractivity contribution in [2.75, 3.05) is 0 Å². The number of carbonyl (C=O) groups is 4. The lowest BCUT2D eigenvalue weighted by Gasteiger charge is -2.10. The standard InChI is InChI=1S/C10H5FO8/c11-3-1-2(7(12)13)4(8(14)15)6(10(18)19)5(3)9(16)17/h1H,(H,12,13)(H,14,15)(H,16,17)(H,18,19). The molecule has 0 aliphatic carbocycles. The molecule has 19 heavy (non-hydrogen) atoms. The number of aromatic carboxylic acids is 4. The Labute approximate surface area is 103 Å². The van der Waals surface area contributed by atoms with E-state index < -0.39 is 51.9 Å². The van der Waals surface area contributed by atoms with Crippen molar-refractivity contribution < 1.29 is 44.0 Å². The highest BCUT2D eigenvalue weighted by molar-refractivity contribution is 6.13. The molecule has 0 spiro atoms. The van der Waals surface area contributed by atoms with Gasteiger partial charge in [0.1, 0.15) is 11.4 Å². The van der Waals surface area contributed by atoms with Gasteiger partial charge in [-0.1, -0.05) is 0 Å². The van der Waals surface area contributed by atoms with Crippen LogP contribution in [0.2, 0.25) is 0 Å². The van der Waals surface area contributed by atoms with Crippen LogP contribution in [0.4, 0.5) is 4.39 Å². The summed E-state index contributed by atoms with van der Waals surface area (Å²) >= 11 is 0. The zero-order valence-electron chi connectivity index (χ0n) is 8.88. The van der Waals surface area contributed by atoms with Crippen LogP contribution < -0.4 is 0 Å². The highest BCUT2D eigenvalue weighted by Crippen LogP contribution is 2.23. The van der Waals surface area contributed by atoms with Crippen molar-refractivity contribution >= 4 is 23.9 Å². The zero-order chi connectivity index (χ0) is 14.9. The molecule has 0 aliphatic rings. The van der Waals surface area contributed by atoms with Gasteiger partial charge >= 0.3 is 23.9 Å². The van der Waals surface area contributed by atoms with Crippen molar-refractivity contribution in [3.8, 4) is 0 Å². The quantitative estimate of drug-likeness (QED) is 0.622. The predicted octanol–water partition coefficient (Wildman–Crippen LogP) is 0.619. The number of hydrogen-bond acceptors (Lipinski definition) is 4. The second-order valence-electron chi connectivity index (χ2n) is 3.25. The fraction of sp³-hybridized carbons (Fsp3) is 0. The van der Waals surface area contributed by atoms with E-state index in [2.05, 4.69) is 0 Å². The fourth-order valence-electron chi connectivity index (χ4n) is 1.46. The van der Waals surface area contributed by atoms with Crippen molar-refractivity contribution in [1.29, 1.82) is 0 Å². The SMILES string of the molecule is O=C(O)c1cc(F)c(C(=O)O)c(C(=O)O)c1C(=O)O. The molecule has 0 bridgehead atoms. The zero-order valence-corrected chi connectivity index (χ0v) is 8.88. The molecular weight excluding hydrogens is 267 g/mol. The van der Waals surface area contributed by atoms with Crippen molar-refractivity contribution in [1.82, 2.24) is 0 Å². The molecule has 0 amide bonds. The van der Waals surface area contributed by atoms with E-state index in [1.54, 1.807) is 0 Å². The van der Waals surface area contributed by atoms with Gasteiger partial charge in [-0.25, -0.2) is 23.6 Å². The summed E-state index contributed by atoms with van der Waals surface area (Å²) in [5.41, 5.74) is -5.27. The van der Waals surface area contributed by atoms with E-state index in [-0.39, 0.29) is 6.07 Å². The molecule has 100 valence electrons. The van der Waals surface area contributed by atoms with Crippen LogP contribution in [0, 0.1) is 5.82 Å². The van der Waals surface area contributed by atoms with E-state index >= 15 is 0 Å². The lowest BCUT2D eigenvalue weighted by Crippen LogP contribution is -2.21. The van der Waals surface area contributed by atoms with Crippen LogP contribution >= 0.6 is 0 Å². The molecule has 0 saturated heterocycles. The number of halogens is 1. The van der Waals surface area contributed by atoms with Gasteiger partial charge in [0.2, 0.25) is 0 Å². The van der Waals surface area contributed by atoms with Crippen LogP contribution in [0.1, 0.15) is 41.4 Å². The molecule has 0 aromatic heterocycles. The van der Waals surface area contributed by atoms with Gasteiger partial charge in [-0.05, 0) is 6.07 Å². The Morgan fingerprint density at radius 2 is 1.16 bits per heavy atom. The predicted molar refractivity (Wildman–Crippen MR) is 54.2 cm³/mol. The maximum atomic E-state index is 13.4. The van der Waals surface area contributed by atoms with Crippen molar-refractivity contribution in [3.63, 3.8) is 0 Å². The van der Waals surface area contributed by atoms with Crippen molar-refractivity contribution in [2.24, 2.45) is 0 Å². The Balaban J connectivity index is 3.98. The third-order valence-corrected chi connectivity index (χ3v) is 2.15. The number of carboxylic acids is 4. The smallest absolute Gasteiger partial charge is 0.339 e. The summed E-state index contributed by atoms with van der Waals surface area (Å²) in [6, 6.07) is 0.154. The maximum Gasteiger partial charge on any atom is 0.339 e. The monoisotopic (exact) mass is 272 g/mol. The lowest BCUT2D eigenvalue weighted by molar-refractivity contribution is 0.0616. The first-order chi connectivity index (χ1) is 8.68. The average molecular weight is 272 g/mol.